The van der Waals surface area contributed by atoms with Gasteiger partial charge in [-0.2, -0.15) is 0 Å². The highest BCUT2D eigenvalue weighted by atomic mass is 35.5. The van der Waals surface area contributed by atoms with E-state index in [0.29, 0.717) is 23.4 Å². The first kappa shape index (κ1) is 21.2. The number of hydrogen-bond donors (Lipinski definition) is 1. The highest BCUT2D eigenvalue weighted by Crippen LogP contribution is 2.38. The van der Waals surface area contributed by atoms with Gasteiger partial charge in [0.15, 0.2) is 22.5 Å². The summed E-state index contributed by atoms with van der Waals surface area (Å²) in [6.45, 7) is 0.663. The molecule has 0 bridgehead atoms. The van der Waals surface area contributed by atoms with Gasteiger partial charge in [-0.15, -0.1) is 10.2 Å². The van der Waals surface area contributed by atoms with Crippen LogP contribution in [0.3, 0.4) is 0 Å². The highest BCUT2D eigenvalue weighted by Gasteiger charge is 2.26. The standard InChI is InChI=1S/C23H23ClN4O3S/c24-18-8-4-3-7-17(18)22-26-27-23(28(22)16-5-1-2-6-16)32-13-21(29)25-12-15-9-10-19-20(11-15)31-14-30-19/h3-4,7-11,16H,1-2,5-6,12-14H2,(H,25,29). The monoisotopic (exact) mass is 470 g/mol. The number of carbonyl (C=O) groups excluding carboxylic acids is 1. The maximum atomic E-state index is 12.5. The van der Waals surface area contributed by atoms with Gasteiger partial charge in [0.05, 0.1) is 10.8 Å². The molecule has 1 saturated carbocycles. The zero-order valence-corrected chi connectivity index (χ0v) is 19.0. The molecule has 5 rings (SSSR count). The number of nitrogens with one attached hydrogen (secondary N) is 1. The van der Waals surface area contributed by atoms with Crippen LogP contribution in [-0.2, 0) is 11.3 Å². The molecule has 1 N–H and O–H groups in total. The van der Waals surface area contributed by atoms with E-state index in [0.717, 1.165) is 40.7 Å². The minimum Gasteiger partial charge on any atom is -0.454 e. The number of hydrogen-bond acceptors (Lipinski definition) is 6. The molecule has 9 heteroatoms. The van der Waals surface area contributed by atoms with Crippen molar-refractivity contribution in [2.45, 2.75) is 43.4 Å². The van der Waals surface area contributed by atoms with Crippen LogP contribution in [0.4, 0.5) is 0 Å². The summed E-state index contributed by atoms with van der Waals surface area (Å²) >= 11 is 7.85. The van der Waals surface area contributed by atoms with Crippen LogP contribution >= 0.6 is 23.4 Å². The van der Waals surface area contributed by atoms with Crippen LogP contribution in [0.25, 0.3) is 11.4 Å². The molecule has 1 aliphatic heterocycles. The van der Waals surface area contributed by atoms with Crippen molar-refractivity contribution in [3.8, 4) is 22.9 Å². The predicted octanol–water partition coefficient (Wildman–Crippen LogP) is 4.85. The molecule has 2 aliphatic rings. The summed E-state index contributed by atoms with van der Waals surface area (Å²) in [6.07, 6.45) is 4.54. The highest BCUT2D eigenvalue weighted by molar-refractivity contribution is 7.99. The Bertz CT molecular complexity index is 1130. The Kier molecular flexibility index (Phi) is 6.23. The average molecular weight is 471 g/mol. The van der Waals surface area contributed by atoms with Crippen molar-refractivity contribution in [3.63, 3.8) is 0 Å². The molecule has 1 amide bonds. The van der Waals surface area contributed by atoms with Crippen LogP contribution in [0, 0.1) is 0 Å². The Morgan fingerprint density at radius 2 is 1.94 bits per heavy atom. The number of aromatic nitrogens is 3. The fourth-order valence-electron chi connectivity index (χ4n) is 4.13. The first-order chi connectivity index (χ1) is 15.7. The number of fused-ring (bicyclic) bond motifs is 1. The van der Waals surface area contributed by atoms with Gasteiger partial charge in [-0.1, -0.05) is 54.4 Å². The topological polar surface area (TPSA) is 78.3 Å². The zero-order valence-electron chi connectivity index (χ0n) is 17.4. The van der Waals surface area contributed by atoms with Crippen molar-refractivity contribution < 1.29 is 14.3 Å². The molecule has 0 spiro atoms. The summed E-state index contributed by atoms with van der Waals surface area (Å²) in [6, 6.07) is 13.7. The molecule has 3 aromatic rings. The minimum atomic E-state index is -0.0621. The average Bonchev–Trinajstić information content (AvgIpc) is 3.56. The Balaban J connectivity index is 1.26. The summed E-state index contributed by atoms with van der Waals surface area (Å²) in [7, 11) is 0. The summed E-state index contributed by atoms with van der Waals surface area (Å²) in [5, 5.41) is 13.2. The van der Waals surface area contributed by atoms with E-state index in [1.807, 2.05) is 42.5 Å². The van der Waals surface area contributed by atoms with E-state index in [1.165, 1.54) is 24.6 Å². The van der Waals surface area contributed by atoms with Crippen LogP contribution in [0.5, 0.6) is 11.5 Å². The lowest BCUT2D eigenvalue weighted by molar-refractivity contribution is -0.118. The maximum Gasteiger partial charge on any atom is 0.231 e. The lowest BCUT2D eigenvalue weighted by Gasteiger charge is -2.17. The number of rotatable bonds is 7. The number of ether oxygens (including phenoxy) is 2. The van der Waals surface area contributed by atoms with Crippen LogP contribution in [0.1, 0.15) is 37.3 Å². The Labute approximate surface area is 195 Å². The molecule has 1 aromatic heterocycles. The van der Waals surface area contributed by atoms with Gasteiger partial charge in [-0.25, -0.2) is 0 Å². The van der Waals surface area contributed by atoms with Gasteiger partial charge in [0, 0.05) is 18.2 Å². The van der Waals surface area contributed by atoms with E-state index in [1.54, 1.807) is 0 Å². The number of benzene rings is 2. The van der Waals surface area contributed by atoms with Crippen molar-refractivity contribution in [3.05, 3.63) is 53.1 Å². The summed E-state index contributed by atoms with van der Waals surface area (Å²) in [5.41, 5.74) is 1.83. The maximum absolute atomic E-state index is 12.5. The van der Waals surface area contributed by atoms with Crippen molar-refractivity contribution in [1.29, 1.82) is 0 Å². The predicted molar refractivity (Wildman–Crippen MR) is 123 cm³/mol. The van der Waals surface area contributed by atoms with E-state index in [9.17, 15) is 4.79 Å². The van der Waals surface area contributed by atoms with Crippen molar-refractivity contribution in [2.75, 3.05) is 12.5 Å². The largest absolute Gasteiger partial charge is 0.454 e. The molecule has 0 saturated heterocycles. The summed E-state index contributed by atoms with van der Waals surface area (Å²) < 4.78 is 12.9. The van der Waals surface area contributed by atoms with Gasteiger partial charge in [0.1, 0.15) is 0 Å². The summed E-state index contributed by atoms with van der Waals surface area (Å²) in [4.78, 5) is 12.5. The SMILES string of the molecule is O=C(CSc1nnc(-c2ccccc2Cl)n1C1CCCC1)NCc1ccc2c(c1)OCO2. The first-order valence-corrected chi connectivity index (χ1v) is 12.0. The lowest BCUT2D eigenvalue weighted by Crippen LogP contribution is -2.24. The Morgan fingerprint density at radius 1 is 1.12 bits per heavy atom. The fourth-order valence-corrected chi connectivity index (χ4v) is 5.18. The van der Waals surface area contributed by atoms with Gasteiger partial charge in [-0.3, -0.25) is 9.36 Å². The van der Waals surface area contributed by atoms with Gasteiger partial charge < -0.3 is 14.8 Å². The number of halogens is 1. The lowest BCUT2D eigenvalue weighted by atomic mass is 10.2. The summed E-state index contributed by atoms with van der Waals surface area (Å²) in [5.74, 6) is 2.41. The molecule has 7 nitrogen and oxygen atoms in total. The molecule has 2 aromatic carbocycles. The van der Waals surface area contributed by atoms with Crippen LogP contribution in [-0.4, -0.2) is 33.2 Å². The van der Waals surface area contributed by atoms with E-state index in [-0.39, 0.29) is 18.5 Å². The minimum absolute atomic E-state index is 0.0621. The molecule has 0 unspecified atom stereocenters. The quantitative estimate of drug-likeness (QED) is 0.497. The molecule has 0 radical (unpaired) electrons. The fraction of sp³-hybridized carbons (Fsp3) is 0.348. The van der Waals surface area contributed by atoms with Crippen LogP contribution < -0.4 is 14.8 Å². The van der Waals surface area contributed by atoms with E-state index in [4.69, 9.17) is 21.1 Å². The molecule has 2 heterocycles. The first-order valence-electron chi connectivity index (χ1n) is 10.7. The van der Waals surface area contributed by atoms with Crippen molar-refractivity contribution >= 4 is 29.3 Å². The molecule has 1 aliphatic carbocycles. The number of carbonyl (C=O) groups is 1. The molecule has 32 heavy (non-hydrogen) atoms. The smallest absolute Gasteiger partial charge is 0.231 e. The molecular formula is C23H23ClN4O3S. The molecular weight excluding hydrogens is 448 g/mol. The van der Waals surface area contributed by atoms with Gasteiger partial charge >= 0.3 is 0 Å². The number of amides is 1. The number of thioether (sulfide) groups is 1. The Morgan fingerprint density at radius 3 is 2.78 bits per heavy atom. The second kappa shape index (κ2) is 9.42. The normalized spacial score (nSPS) is 15.3. The second-order valence-electron chi connectivity index (χ2n) is 7.85. The zero-order chi connectivity index (χ0) is 21.9. The van der Waals surface area contributed by atoms with Crippen molar-refractivity contribution in [2.24, 2.45) is 0 Å². The second-order valence-corrected chi connectivity index (χ2v) is 9.20. The third-order valence-corrected chi connectivity index (χ3v) is 7.00. The molecule has 166 valence electrons. The third-order valence-electron chi connectivity index (χ3n) is 5.73. The third kappa shape index (κ3) is 4.42. The van der Waals surface area contributed by atoms with Crippen LogP contribution in [0.2, 0.25) is 5.02 Å². The Hall–Kier alpha value is -2.71. The van der Waals surface area contributed by atoms with Crippen molar-refractivity contribution in [1.82, 2.24) is 20.1 Å². The molecule has 0 atom stereocenters. The van der Waals surface area contributed by atoms with Gasteiger partial charge in [0.2, 0.25) is 12.7 Å². The van der Waals surface area contributed by atoms with E-state index < -0.39 is 0 Å². The van der Waals surface area contributed by atoms with E-state index >= 15 is 0 Å². The number of nitrogens with zero attached hydrogens (tertiary/aromatic N) is 3. The van der Waals surface area contributed by atoms with Gasteiger partial charge in [-0.05, 0) is 42.7 Å². The van der Waals surface area contributed by atoms with E-state index in [2.05, 4.69) is 20.1 Å². The van der Waals surface area contributed by atoms with Crippen LogP contribution in [0.15, 0.2) is 47.6 Å². The molecule has 1 fully saturated rings. The van der Waals surface area contributed by atoms with Gasteiger partial charge in [0.25, 0.3) is 0 Å².